The van der Waals surface area contributed by atoms with Gasteiger partial charge in [0.2, 0.25) is 0 Å². The van der Waals surface area contributed by atoms with Crippen molar-refractivity contribution in [2.45, 2.75) is 32.7 Å². The third-order valence-corrected chi connectivity index (χ3v) is 3.37. The number of benzene rings is 1. The Bertz CT molecular complexity index is 739. The van der Waals surface area contributed by atoms with Gasteiger partial charge in [-0.3, -0.25) is 4.79 Å². The molecule has 0 bridgehead atoms. The van der Waals surface area contributed by atoms with E-state index in [4.69, 9.17) is 4.52 Å². The Kier molecular flexibility index (Phi) is 4.78. The predicted octanol–water partition coefficient (Wildman–Crippen LogP) is 2.80. The number of aromatic nitrogens is 1. The summed E-state index contributed by atoms with van der Waals surface area (Å²) in [5.74, 6) is -1.78. The maximum absolute atomic E-state index is 13.3. The van der Waals surface area contributed by atoms with Crippen molar-refractivity contribution in [1.29, 1.82) is 0 Å². The van der Waals surface area contributed by atoms with E-state index in [0.717, 1.165) is 0 Å². The summed E-state index contributed by atoms with van der Waals surface area (Å²) in [6, 6.07) is 4.04. The second-order valence-electron chi connectivity index (χ2n) is 5.52. The fraction of sp³-hybridized carbons (Fsp3) is 0.312. The second-order valence-corrected chi connectivity index (χ2v) is 5.52. The Labute approximate surface area is 132 Å². The van der Waals surface area contributed by atoms with E-state index in [2.05, 4.69) is 10.5 Å². The van der Waals surface area contributed by atoms with Gasteiger partial charge in [-0.25, -0.2) is 9.18 Å². The zero-order valence-electron chi connectivity index (χ0n) is 13.0. The summed E-state index contributed by atoms with van der Waals surface area (Å²) in [7, 11) is 0. The van der Waals surface area contributed by atoms with Crippen LogP contribution < -0.4 is 5.32 Å². The summed E-state index contributed by atoms with van der Waals surface area (Å²) in [6.07, 6.45) is 0. The number of rotatable bonds is 5. The Balaban J connectivity index is 2.23. The highest BCUT2D eigenvalue weighted by Crippen LogP contribution is 2.19. The molecule has 0 aliphatic rings. The molecule has 1 aromatic heterocycles. The fourth-order valence-electron chi connectivity index (χ4n) is 2.01. The van der Waals surface area contributed by atoms with Crippen LogP contribution >= 0.6 is 0 Å². The topological polar surface area (TPSA) is 92.4 Å². The molecule has 6 nitrogen and oxygen atoms in total. The highest BCUT2D eigenvalue weighted by Gasteiger charge is 2.25. The van der Waals surface area contributed by atoms with Crippen LogP contribution in [0.15, 0.2) is 28.8 Å². The first kappa shape index (κ1) is 16.7. The number of nitrogens with zero attached hydrogens (tertiary/aromatic N) is 1. The lowest BCUT2D eigenvalue weighted by Gasteiger charge is -2.14. The number of carboxylic acids is 1. The van der Waals surface area contributed by atoms with E-state index in [1.807, 2.05) is 13.8 Å². The highest BCUT2D eigenvalue weighted by atomic mass is 19.1. The van der Waals surface area contributed by atoms with Crippen LogP contribution in [0, 0.1) is 12.7 Å². The van der Waals surface area contributed by atoms with Crippen LogP contribution in [-0.4, -0.2) is 22.1 Å². The number of amides is 1. The molecule has 0 aliphatic heterocycles. The van der Waals surface area contributed by atoms with Crippen molar-refractivity contribution in [3.05, 3.63) is 52.7 Å². The molecule has 1 unspecified atom stereocenters. The van der Waals surface area contributed by atoms with Crippen LogP contribution in [0.2, 0.25) is 0 Å². The molecule has 0 fully saturated rings. The standard InChI is InChI=1S/C16H17FN2O4/c1-8(2)13-7-12(19-23-13)15(20)18-14(16(21)22)10-4-5-11(17)9(3)6-10/h4-8,14H,1-3H3,(H,18,20)(H,21,22). The van der Waals surface area contributed by atoms with Crippen LogP contribution in [0.5, 0.6) is 0 Å². The molecule has 1 atom stereocenters. The summed E-state index contributed by atoms with van der Waals surface area (Å²) in [5.41, 5.74) is 0.572. The number of halogens is 1. The zero-order chi connectivity index (χ0) is 17.1. The van der Waals surface area contributed by atoms with Crippen LogP contribution in [0.25, 0.3) is 0 Å². The molecule has 0 saturated heterocycles. The second kappa shape index (κ2) is 6.60. The molecule has 1 amide bonds. The zero-order valence-corrected chi connectivity index (χ0v) is 13.0. The van der Waals surface area contributed by atoms with E-state index < -0.39 is 23.7 Å². The summed E-state index contributed by atoms with van der Waals surface area (Å²) >= 11 is 0. The Morgan fingerprint density at radius 2 is 2.00 bits per heavy atom. The van der Waals surface area contributed by atoms with E-state index in [-0.39, 0.29) is 17.2 Å². The normalized spacial score (nSPS) is 12.2. The van der Waals surface area contributed by atoms with Crippen LogP contribution in [0.1, 0.15) is 53.2 Å². The highest BCUT2D eigenvalue weighted by molar-refractivity contribution is 5.95. The molecule has 0 saturated carbocycles. The van der Waals surface area contributed by atoms with Crippen molar-refractivity contribution in [3.63, 3.8) is 0 Å². The summed E-state index contributed by atoms with van der Waals surface area (Å²) < 4.78 is 18.3. The predicted molar refractivity (Wildman–Crippen MR) is 79.6 cm³/mol. The van der Waals surface area contributed by atoms with Gasteiger partial charge in [0.25, 0.3) is 5.91 Å². The largest absolute Gasteiger partial charge is 0.479 e. The quantitative estimate of drug-likeness (QED) is 0.883. The van der Waals surface area contributed by atoms with Crippen LogP contribution in [-0.2, 0) is 4.79 Å². The van der Waals surface area contributed by atoms with Crippen LogP contribution in [0.3, 0.4) is 0 Å². The van der Waals surface area contributed by atoms with Gasteiger partial charge in [0, 0.05) is 12.0 Å². The molecule has 0 radical (unpaired) electrons. The Morgan fingerprint density at radius 1 is 1.30 bits per heavy atom. The molecule has 0 aliphatic carbocycles. The number of carbonyl (C=O) groups excluding carboxylic acids is 1. The fourth-order valence-corrected chi connectivity index (χ4v) is 2.01. The first-order valence-electron chi connectivity index (χ1n) is 7.06. The smallest absolute Gasteiger partial charge is 0.330 e. The van der Waals surface area contributed by atoms with Gasteiger partial charge in [0.1, 0.15) is 11.6 Å². The van der Waals surface area contributed by atoms with Gasteiger partial charge < -0.3 is 14.9 Å². The molecule has 1 heterocycles. The van der Waals surface area contributed by atoms with E-state index in [1.54, 1.807) is 0 Å². The van der Waals surface area contributed by atoms with Crippen molar-refractivity contribution in [2.75, 3.05) is 0 Å². The molecule has 1 aromatic carbocycles. The first-order valence-corrected chi connectivity index (χ1v) is 7.06. The molecule has 2 aromatic rings. The van der Waals surface area contributed by atoms with Crippen molar-refractivity contribution < 1.29 is 23.6 Å². The van der Waals surface area contributed by atoms with E-state index in [1.165, 1.54) is 31.2 Å². The van der Waals surface area contributed by atoms with E-state index in [0.29, 0.717) is 11.3 Å². The number of carbonyl (C=O) groups is 2. The molecule has 2 N–H and O–H groups in total. The molecule has 0 spiro atoms. The average molecular weight is 320 g/mol. The Morgan fingerprint density at radius 3 is 2.52 bits per heavy atom. The summed E-state index contributed by atoms with van der Waals surface area (Å²) in [6.45, 7) is 5.28. The maximum atomic E-state index is 13.3. The van der Waals surface area contributed by atoms with Crippen molar-refractivity contribution in [1.82, 2.24) is 10.5 Å². The minimum absolute atomic E-state index is 0.00113. The average Bonchev–Trinajstić information content (AvgIpc) is 2.97. The Hall–Kier alpha value is -2.70. The van der Waals surface area contributed by atoms with Gasteiger partial charge in [-0.2, -0.15) is 0 Å². The minimum Gasteiger partial charge on any atom is -0.479 e. The van der Waals surface area contributed by atoms with Gasteiger partial charge in [-0.15, -0.1) is 0 Å². The molecule has 7 heteroatoms. The number of hydrogen-bond acceptors (Lipinski definition) is 4. The summed E-state index contributed by atoms with van der Waals surface area (Å²) in [4.78, 5) is 23.6. The van der Waals surface area contributed by atoms with Gasteiger partial charge in [-0.05, 0) is 24.1 Å². The molecular weight excluding hydrogens is 303 g/mol. The number of aliphatic carboxylic acids is 1. The molecule has 23 heavy (non-hydrogen) atoms. The lowest BCUT2D eigenvalue weighted by atomic mass is 10.0. The maximum Gasteiger partial charge on any atom is 0.330 e. The minimum atomic E-state index is -1.30. The summed E-state index contributed by atoms with van der Waals surface area (Å²) in [5, 5.41) is 15.3. The van der Waals surface area contributed by atoms with Crippen molar-refractivity contribution in [3.8, 4) is 0 Å². The molecule has 2 rings (SSSR count). The van der Waals surface area contributed by atoms with Gasteiger partial charge in [0.05, 0.1) is 0 Å². The van der Waals surface area contributed by atoms with E-state index >= 15 is 0 Å². The van der Waals surface area contributed by atoms with Gasteiger partial charge in [-0.1, -0.05) is 31.1 Å². The number of hydrogen-bond donors (Lipinski definition) is 2. The van der Waals surface area contributed by atoms with Crippen molar-refractivity contribution in [2.24, 2.45) is 0 Å². The number of carboxylic acid groups (broad SMARTS) is 1. The third-order valence-electron chi connectivity index (χ3n) is 3.37. The van der Waals surface area contributed by atoms with Crippen molar-refractivity contribution >= 4 is 11.9 Å². The molecular formula is C16H17FN2O4. The van der Waals surface area contributed by atoms with Crippen LogP contribution in [0.4, 0.5) is 4.39 Å². The van der Waals surface area contributed by atoms with Gasteiger partial charge >= 0.3 is 5.97 Å². The van der Waals surface area contributed by atoms with E-state index in [9.17, 15) is 19.1 Å². The SMILES string of the molecule is Cc1cc(C(NC(=O)c2cc(C(C)C)on2)C(=O)O)ccc1F. The lowest BCUT2D eigenvalue weighted by Crippen LogP contribution is -2.34. The third kappa shape index (κ3) is 3.74. The number of nitrogens with one attached hydrogen (secondary N) is 1. The lowest BCUT2D eigenvalue weighted by molar-refractivity contribution is -0.139. The number of aryl methyl sites for hydroxylation is 1. The monoisotopic (exact) mass is 320 g/mol. The molecule has 122 valence electrons. The van der Waals surface area contributed by atoms with Gasteiger partial charge in [0.15, 0.2) is 11.7 Å². The first-order chi connectivity index (χ1) is 10.8.